The number of rotatable bonds is 6. The number of morpholine rings is 1. The minimum Gasteiger partial charge on any atom is -0.461 e. The van der Waals surface area contributed by atoms with Gasteiger partial charge in [0.25, 0.3) is 0 Å². The molecule has 0 N–H and O–H groups in total. The van der Waals surface area contributed by atoms with Crippen LogP contribution in [0, 0.1) is 0 Å². The molecule has 1 aromatic heterocycles. The molecule has 8 heteroatoms. The van der Waals surface area contributed by atoms with E-state index in [2.05, 4.69) is 31.2 Å². The van der Waals surface area contributed by atoms with Crippen LogP contribution in [0.3, 0.4) is 0 Å². The van der Waals surface area contributed by atoms with Crippen LogP contribution in [0.4, 0.5) is 4.79 Å². The van der Waals surface area contributed by atoms with Crippen LogP contribution in [0.1, 0.15) is 70.5 Å². The van der Waals surface area contributed by atoms with Crippen molar-refractivity contribution in [3.05, 3.63) is 51.0 Å². The standard InChI is InChI=1S/C26H35N3O4S/c1-4-18-7-9-19(10-8-18)20-15-21(17-29(16-20)26(31)28-11-13-32-14-12-28)24-27-23(22(5-2)34-24)25(30)33-6-3/h7-10,20-21H,4-6,11-17H2,1-3H3. The molecular formula is C26H35N3O4S. The monoisotopic (exact) mass is 485 g/mol. The van der Waals surface area contributed by atoms with E-state index in [1.165, 1.54) is 11.1 Å². The number of carbonyl (C=O) groups excluding carboxylic acids is 2. The van der Waals surface area contributed by atoms with E-state index in [1.807, 2.05) is 23.6 Å². The third-order valence-corrected chi connectivity index (χ3v) is 8.08. The van der Waals surface area contributed by atoms with Crippen LogP contribution < -0.4 is 0 Å². The average molecular weight is 486 g/mol. The molecule has 7 nitrogen and oxygen atoms in total. The summed E-state index contributed by atoms with van der Waals surface area (Å²) in [7, 11) is 0. The van der Waals surface area contributed by atoms with Gasteiger partial charge in [-0.3, -0.25) is 0 Å². The molecule has 0 aliphatic carbocycles. The first-order valence-electron chi connectivity index (χ1n) is 12.4. The van der Waals surface area contributed by atoms with Gasteiger partial charge in [-0.15, -0.1) is 11.3 Å². The lowest BCUT2D eigenvalue weighted by atomic mass is 9.84. The summed E-state index contributed by atoms with van der Waals surface area (Å²) >= 11 is 1.59. The number of hydrogen-bond acceptors (Lipinski definition) is 6. The summed E-state index contributed by atoms with van der Waals surface area (Å²) in [6, 6.07) is 8.84. The van der Waals surface area contributed by atoms with E-state index in [-0.39, 0.29) is 23.8 Å². The number of thiazole rings is 1. The SMILES string of the molecule is CCOC(=O)c1nc(C2CC(c3ccc(CC)cc3)CN(C(=O)N3CCOCC3)C2)sc1CC. The minimum absolute atomic E-state index is 0.0704. The Hall–Kier alpha value is -2.45. The zero-order valence-electron chi connectivity index (χ0n) is 20.4. The number of amides is 2. The number of piperidine rings is 1. The summed E-state index contributed by atoms with van der Waals surface area (Å²) in [6.07, 6.45) is 2.64. The van der Waals surface area contributed by atoms with Gasteiger partial charge in [0.05, 0.1) is 24.8 Å². The second-order valence-electron chi connectivity index (χ2n) is 8.91. The van der Waals surface area contributed by atoms with Crippen LogP contribution in [-0.2, 0) is 22.3 Å². The van der Waals surface area contributed by atoms with Gasteiger partial charge in [-0.05, 0) is 37.3 Å². The highest BCUT2D eigenvalue weighted by atomic mass is 32.1. The number of esters is 1. The number of carbonyl (C=O) groups is 2. The molecule has 1 aromatic carbocycles. The topological polar surface area (TPSA) is 72.0 Å². The normalized spacial score (nSPS) is 20.9. The van der Waals surface area contributed by atoms with Crippen LogP contribution in [0.2, 0.25) is 0 Å². The number of aromatic nitrogens is 1. The lowest BCUT2D eigenvalue weighted by Crippen LogP contribution is -2.52. The maximum atomic E-state index is 13.4. The second-order valence-corrected chi connectivity index (χ2v) is 10.0. The smallest absolute Gasteiger partial charge is 0.358 e. The molecule has 2 fully saturated rings. The minimum atomic E-state index is -0.356. The van der Waals surface area contributed by atoms with E-state index in [0.717, 1.165) is 29.1 Å². The number of aryl methyl sites for hydroxylation is 2. The molecule has 2 aliphatic rings. The average Bonchev–Trinajstić information content (AvgIpc) is 3.33. The molecule has 0 saturated carbocycles. The fourth-order valence-corrected chi connectivity index (χ4v) is 5.90. The molecule has 0 bridgehead atoms. The van der Waals surface area contributed by atoms with Crippen LogP contribution in [0.15, 0.2) is 24.3 Å². The molecule has 2 unspecified atom stereocenters. The van der Waals surface area contributed by atoms with E-state index in [0.29, 0.717) is 51.7 Å². The molecule has 2 saturated heterocycles. The lowest BCUT2D eigenvalue weighted by Gasteiger charge is -2.40. The first-order valence-corrected chi connectivity index (χ1v) is 13.2. The number of urea groups is 1. The summed E-state index contributed by atoms with van der Waals surface area (Å²) in [5.74, 6) is -0.0617. The van der Waals surface area contributed by atoms with Gasteiger partial charge in [-0.2, -0.15) is 0 Å². The molecule has 4 rings (SSSR count). The molecule has 2 aliphatic heterocycles. The number of hydrogen-bond donors (Lipinski definition) is 0. The first kappa shape index (κ1) is 24.7. The van der Waals surface area contributed by atoms with Crippen molar-refractivity contribution in [2.24, 2.45) is 0 Å². The fourth-order valence-electron chi connectivity index (χ4n) is 4.80. The summed E-state index contributed by atoms with van der Waals surface area (Å²) in [6.45, 7) is 10.0. The van der Waals surface area contributed by atoms with Gasteiger partial charge in [0.15, 0.2) is 5.69 Å². The van der Waals surface area contributed by atoms with Crippen molar-refractivity contribution in [1.29, 1.82) is 0 Å². The van der Waals surface area contributed by atoms with Gasteiger partial charge in [-0.1, -0.05) is 38.1 Å². The third kappa shape index (κ3) is 5.44. The van der Waals surface area contributed by atoms with Crippen LogP contribution in [0.5, 0.6) is 0 Å². The summed E-state index contributed by atoms with van der Waals surface area (Å²) in [5, 5.41) is 0.926. The highest BCUT2D eigenvalue weighted by molar-refractivity contribution is 7.12. The van der Waals surface area contributed by atoms with Crippen LogP contribution in [0.25, 0.3) is 0 Å². The quantitative estimate of drug-likeness (QED) is 0.565. The number of benzene rings is 1. The first-order chi connectivity index (χ1) is 16.5. The zero-order chi connectivity index (χ0) is 24.1. The third-order valence-electron chi connectivity index (χ3n) is 6.72. The molecule has 0 spiro atoms. The van der Waals surface area contributed by atoms with Gasteiger partial charge < -0.3 is 19.3 Å². The second kappa shape index (κ2) is 11.3. The summed E-state index contributed by atoms with van der Waals surface area (Å²) in [5.41, 5.74) is 2.99. The van der Waals surface area contributed by atoms with Crippen molar-refractivity contribution < 1.29 is 19.1 Å². The largest absolute Gasteiger partial charge is 0.461 e. The fraction of sp³-hybridized carbons (Fsp3) is 0.577. The van der Waals surface area contributed by atoms with Crippen molar-refractivity contribution in [1.82, 2.24) is 14.8 Å². The maximum absolute atomic E-state index is 13.4. The Balaban J connectivity index is 1.62. The highest BCUT2D eigenvalue weighted by Gasteiger charge is 2.36. The maximum Gasteiger partial charge on any atom is 0.358 e. The zero-order valence-corrected chi connectivity index (χ0v) is 21.2. The molecule has 34 heavy (non-hydrogen) atoms. The molecule has 3 heterocycles. The Bertz CT molecular complexity index is 984. The predicted molar refractivity (Wildman–Crippen MR) is 133 cm³/mol. The van der Waals surface area contributed by atoms with Crippen molar-refractivity contribution in [2.75, 3.05) is 46.0 Å². The van der Waals surface area contributed by atoms with Gasteiger partial charge in [0.2, 0.25) is 0 Å². The van der Waals surface area contributed by atoms with Crippen molar-refractivity contribution in [2.45, 2.75) is 51.9 Å². The van der Waals surface area contributed by atoms with E-state index < -0.39 is 0 Å². The molecule has 2 amide bonds. The van der Waals surface area contributed by atoms with Crippen LogP contribution in [-0.4, -0.2) is 72.8 Å². The van der Waals surface area contributed by atoms with Gasteiger partial charge in [0, 0.05) is 42.9 Å². The van der Waals surface area contributed by atoms with E-state index >= 15 is 0 Å². The van der Waals surface area contributed by atoms with Crippen molar-refractivity contribution >= 4 is 23.3 Å². The Morgan fingerprint density at radius 2 is 1.74 bits per heavy atom. The highest BCUT2D eigenvalue weighted by Crippen LogP contribution is 2.39. The Kier molecular flexibility index (Phi) is 8.21. The molecule has 184 valence electrons. The van der Waals surface area contributed by atoms with E-state index in [1.54, 1.807) is 11.3 Å². The van der Waals surface area contributed by atoms with Gasteiger partial charge >= 0.3 is 12.0 Å². The summed E-state index contributed by atoms with van der Waals surface area (Å²) < 4.78 is 10.7. The van der Waals surface area contributed by atoms with Gasteiger partial charge in [-0.25, -0.2) is 14.6 Å². The summed E-state index contributed by atoms with van der Waals surface area (Å²) in [4.78, 5) is 35.5. The molecular weight excluding hydrogens is 450 g/mol. The molecule has 0 radical (unpaired) electrons. The van der Waals surface area contributed by atoms with Crippen molar-refractivity contribution in [3.63, 3.8) is 0 Å². The number of ether oxygens (including phenoxy) is 2. The predicted octanol–water partition coefficient (Wildman–Crippen LogP) is 4.47. The molecule has 2 atom stereocenters. The van der Waals surface area contributed by atoms with E-state index in [4.69, 9.17) is 14.5 Å². The Labute approximate surface area is 206 Å². The van der Waals surface area contributed by atoms with Gasteiger partial charge in [0.1, 0.15) is 0 Å². The Morgan fingerprint density at radius 3 is 2.38 bits per heavy atom. The number of nitrogens with zero attached hydrogens (tertiary/aromatic N) is 3. The van der Waals surface area contributed by atoms with E-state index in [9.17, 15) is 9.59 Å². The van der Waals surface area contributed by atoms with Crippen LogP contribution >= 0.6 is 11.3 Å². The number of likely N-dealkylation sites (tertiary alicyclic amines) is 1. The lowest BCUT2D eigenvalue weighted by molar-refractivity contribution is 0.0398. The van der Waals surface area contributed by atoms with Crippen molar-refractivity contribution in [3.8, 4) is 0 Å². The Morgan fingerprint density at radius 1 is 1.03 bits per heavy atom. The molecule has 2 aromatic rings.